The molecule has 2 unspecified atom stereocenters. The van der Waals surface area contributed by atoms with E-state index in [4.69, 9.17) is 4.98 Å². The summed E-state index contributed by atoms with van der Waals surface area (Å²) in [5, 5.41) is 22.3. The molecule has 0 saturated heterocycles. The fourth-order valence-electron chi connectivity index (χ4n) is 6.58. The minimum Gasteiger partial charge on any atom is -0.378 e. The number of para-hydroxylation sites is 1. The number of hydrogen-bond acceptors (Lipinski definition) is 5. The maximum atomic E-state index is 15.8. The molecule has 0 radical (unpaired) electrons. The van der Waals surface area contributed by atoms with E-state index >= 15 is 4.39 Å². The summed E-state index contributed by atoms with van der Waals surface area (Å²) in [7, 11) is 1.78. The van der Waals surface area contributed by atoms with Crippen molar-refractivity contribution in [3.63, 3.8) is 0 Å². The smallest absolute Gasteiger partial charge is 0.342 e. The minimum absolute atomic E-state index is 0.0395. The predicted molar refractivity (Wildman–Crippen MR) is 177 cm³/mol. The maximum Gasteiger partial charge on any atom is 0.342 e. The van der Waals surface area contributed by atoms with Crippen molar-refractivity contribution in [2.75, 3.05) is 0 Å². The third-order valence-electron chi connectivity index (χ3n) is 8.68. The molecule has 50 heavy (non-hydrogen) atoms. The van der Waals surface area contributed by atoms with Crippen LogP contribution in [0.25, 0.3) is 22.0 Å². The van der Waals surface area contributed by atoms with Crippen LogP contribution in [0, 0.1) is 30.4 Å². The van der Waals surface area contributed by atoms with Crippen LogP contribution in [0.3, 0.4) is 0 Å². The third-order valence-corrected chi connectivity index (χ3v) is 8.68. The molecule has 8 nitrogen and oxygen atoms in total. The topological polar surface area (TPSA) is 97.9 Å². The molecule has 1 aliphatic carbocycles. The molecule has 6 rings (SSSR count). The summed E-state index contributed by atoms with van der Waals surface area (Å²) < 4.78 is 76.4. The van der Waals surface area contributed by atoms with Gasteiger partial charge in [-0.05, 0) is 82.7 Å². The van der Waals surface area contributed by atoms with Crippen molar-refractivity contribution in [1.82, 2.24) is 29.9 Å². The first kappa shape index (κ1) is 34.8. The molecule has 0 spiro atoms. The van der Waals surface area contributed by atoms with Gasteiger partial charge in [0.2, 0.25) is 0 Å². The van der Waals surface area contributed by atoms with Crippen LogP contribution < -0.4 is 5.32 Å². The zero-order valence-electron chi connectivity index (χ0n) is 28.3. The molecule has 3 heterocycles. The van der Waals surface area contributed by atoms with E-state index in [-0.39, 0.29) is 47.5 Å². The fraction of sp³-hybridized carbons (Fsp3) is 0.351. The molecule has 0 fully saturated rings. The average molecular weight is 691 g/mol. The average Bonchev–Trinajstić information content (AvgIpc) is 3.65. The molecule has 2 N–H and O–H groups in total. The number of carbonyl (C=O) groups is 1. The zero-order valence-corrected chi connectivity index (χ0v) is 28.3. The van der Waals surface area contributed by atoms with Gasteiger partial charge in [0.05, 0.1) is 28.6 Å². The van der Waals surface area contributed by atoms with Gasteiger partial charge in [-0.15, -0.1) is 0 Å². The molecule has 1 amide bonds. The van der Waals surface area contributed by atoms with E-state index in [1.165, 1.54) is 20.8 Å². The molecule has 3 aromatic heterocycles. The molecular formula is C37H35F5N6O2. The van der Waals surface area contributed by atoms with E-state index in [1.54, 1.807) is 23.9 Å². The van der Waals surface area contributed by atoms with Crippen LogP contribution in [0.4, 0.5) is 26.7 Å². The fourth-order valence-corrected chi connectivity index (χ4v) is 6.58. The standard InChI is InChI=1S/C37H35F5N6O2/c1-20-25-8-7-9-27(31(25)47(6)45-20)26-11-10-24(12-14-35(2,3)50)43-30(26)29(18-21-16-22(38)19-23(39)17-21)44-34(49)48-33-28(13-15-36(33,4)40)32(46-48)37(5,41)42/h7-11,16-17,19,29,50H,13,15,18H2,1-6H3,(H,44,49). The van der Waals surface area contributed by atoms with E-state index in [1.807, 2.05) is 25.1 Å². The summed E-state index contributed by atoms with van der Waals surface area (Å²) in [5.41, 5.74) is -1.33. The van der Waals surface area contributed by atoms with Gasteiger partial charge in [-0.3, -0.25) is 4.68 Å². The summed E-state index contributed by atoms with van der Waals surface area (Å²) >= 11 is 0. The highest BCUT2D eigenvalue weighted by molar-refractivity contribution is 5.96. The van der Waals surface area contributed by atoms with Crippen molar-refractivity contribution in [1.29, 1.82) is 0 Å². The Bertz CT molecular complexity index is 2200. The largest absolute Gasteiger partial charge is 0.378 e. The number of aliphatic hydroxyl groups is 1. The van der Waals surface area contributed by atoms with Crippen molar-refractivity contribution in [3.8, 4) is 23.0 Å². The molecule has 0 bridgehead atoms. The van der Waals surface area contributed by atoms with Gasteiger partial charge in [-0.2, -0.15) is 23.7 Å². The van der Waals surface area contributed by atoms with Crippen molar-refractivity contribution in [3.05, 3.63) is 99.8 Å². The van der Waals surface area contributed by atoms with E-state index in [2.05, 4.69) is 27.4 Å². The predicted octanol–water partition coefficient (Wildman–Crippen LogP) is 7.33. The van der Waals surface area contributed by atoms with Crippen LogP contribution in [0.5, 0.6) is 0 Å². The van der Waals surface area contributed by atoms with E-state index in [9.17, 15) is 27.5 Å². The van der Waals surface area contributed by atoms with Gasteiger partial charge in [0, 0.05) is 42.1 Å². The van der Waals surface area contributed by atoms with Crippen LogP contribution >= 0.6 is 0 Å². The second-order valence-corrected chi connectivity index (χ2v) is 13.5. The van der Waals surface area contributed by atoms with Gasteiger partial charge in [0.1, 0.15) is 28.6 Å². The number of carbonyl (C=O) groups excluding carboxylic acids is 1. The van der Waals surface area contributed by atoms with Crippen molar-refractivity contribution in [2.45, 2.75) is 77.1 Å². The highest BCUT2D eigenvalue weighted by Crippen LogP contribution is 2.45. The number of alkyl halides is 3. The first-order valence-corrected chi connectivity index (χ1v) is 16.0. The molecule has 0 saturated carbocycles. The summed E-state index contributed by atoms with van der Waals surface area (Å²) in [6.45, 7) is 6.69. The maximum absolute atomic E-state index is 15.8. The Kier molecular flexibility index (Phi) is 8.59. The molecule has 1 aliphatic rings. The number of amides is 1. The number of fused-ring (bicyclic) bond motifs is 2. The SMILES string of the molecule is Cc1nn(C)c2c(-c3ccc(C#CC(C)(C)O)nc3C(Cc3cc(F)cc(F)c3)NC(=O)n3nc(C(C)(F)F)c4c3C(C)(F)CC4)cccc12. The van der Waals surface area contributed by atoms with Gasteiger partial charge in [-0.25, -0.2) is 22.9 Å². The Morgan fingerprint density at radius 3 is 2.44 bits per heavy atom. The van der Waals surface area contributed by atoms with Crippen molar-refractivity contribution >= 4 is 16.9 Å². The lowest BCUT2D eigenvalue weighted by atomic mass is 9.93. The van der Waals surface area contributed by atoms with Gasteiger partial charge in [-0.1, -0.05) is 24.1 Å². The molecular weight excluding hydrogens is 655 g/mol. The van der Waals surface area contributed by atoms with Gasteiger partial charge in [0.15, 0.2) is 5.67 Å². The van der Waals surface area contributed by atoms with Crippen LogP contribution in [-0.4, -0.2) is 41.3 Å². The lowest BCUT2D eigenvalue weighted by Gasteiger charge is -2.23. The number of rotatable bonds is 6. The van der Waals surface area contributed by atoms with Crippen molar-refractivity contribution < 1.29 is 31.9 Å². The van der Waals surface area contributed by atoms with Crippen LogP contribution in [-0.2, 0) is 31.5 Å². The highest BCUT2D eigenvalue weighted by atomic mass is 19.3. The number of halogens is 5. The Morgan fingerprint density at radius 1 is 1.08 bits per heavy atom. The number of aromatic nitrogens is 5. The first-order chi connectivity index (χ1) is 23.3. The molecule has 2 aromatic carbocycles. The third kappa shape index (κ3) is 6.72. The second-order valence-electron chi connectivity index (χ2n) is 13.5. The Hall–Kier alpha value is -5.09. The summed E-state index contributed by atoms with van der Waals surface area (Å²) in [5.74, 6) is 0.365. The Balaban J connectivity index is 1.57. The van der Waals surface area contributed by atoms with E-state index in [0.29, 0.717) is 28.8 Å². The zero-order chi connectivity index (χ0) is 36.3. The second kappa shape index (κ2) is 12.4. The van der Waals surface area contributed by atoms with Gasteiger partial charge in [0.25, 0.3) is 5.92 Å². The number of nitrogens with zero attached hydrogens (tertiary/aromatic N) is 5. The number of aryl methyl sites for hydroxylation is 2. The highest BCUT2D eigenvalue weighted by Gasteiger charge is 2.46. The molecule has 13 heteroatoms. The number of pyridine rings is 1. The van der Waals surface area contributed by atoms with Gasteiger partial charge >= 0.3 is 6.03 Å². The minimum atomic E-state index is -3.46. The van der Waals surface area contributed by atoms with Gasteiger partial charge < -0.3 is 10.4 Å². The van der Waals surface area contributed by atoms with Crippen LogP contribution in [0.1, 0.15) is 79.8 Å². The van der Waals surface area contributed by atoms with E-state index < -0.39 is 46.6 Å². The molecule has 2 atom stereocenters. The lowest BCUT2D eigenvalue weighted by molar-refractivity contribution is 0.0114. The number of hydrogen-bond donors (Lipinski definition) is 2. The lowest BCUT2D eigenvalue weighted by Crippen LogP contribution is -2.37. The van der Waals surface area contributed by atoms with Crippen LogP contribution in [0.2, 0.25) is 0 Å². The van der Waals surface area contributed by atoms with Crippen LogP contribution in [0.15, 0.2) is 48.5 Å². The quantitative estimate of drug-likeness (QED) is 0.144. The molecule has 5 aromatic rings. The number of nitrogens with one attached hydrogen (secondary N) is 1. The Morgan fingerprint density at radius 2 is 1.78 bits per heavy atom. The molecule has 0 aliphatic heterocycles. The number of benzene rings is 2. The monoisotopic (exact) mass is 690 g/mol. The first-order valence-electron chi connectivity index (χ1n) is 16.0. The normalized spacial score (nSPS) is 16.6. The summed E-state index contributed by atoms with van der Waals surface area (Å²) in [6, 6.07) is 9.59. The molecule has 260 valence electrons. The summed E-state index contributed by atoms with van der Waals surface area (Å²) in [6.07, 6.45) is -0.386. The Labute approximate surface area is 285 Å². The van der Waals surface area contributed by atoms with E-state index in [0.717, 1.165) is 28.7 Å². The van der Waals surface area contributed by atoms with Crippen molar-refractivity contribution in [2.24, 2.45) is 7.05 Å². The summed E-state index contributed by atoms with van der Waals surface area (Å²) in [4.78, 5) is 18.9.